The number of hydrogen-bond acceptors (Lipinski definition) is 4. The SMILES string of the molecule is CN(C)c1ccc(/C=C/C(=O)c2ccc(N3C(=O)C=CC3=O)cc2)cc1. The van der Waals surface area contributed by atoms with Crippen molar-refractivity contribution in [3.8, 4) is 0 Å². The second-order valence-corrected chi connectivity index (χ2v) is 6.08. The Morgan fingerprint density at radius 1 is 0.885 bits per heavy atom. The lowest BCUT2D eigenvalue weighted by atomic mass is 10.1. The molecule has 0 saturated heterocycles. The molecule has 0 fully saturated rings. The van der Waals surface area contributed by atoms with Gasteiger partial charge in [-0.05, 0) is 48.0 Å². The average molecular weight is 346 g/mol. The number of imide groups is 1. The van der Waals surface area contributed by atoms with Gasteiger partial charge in [-0.15, -0.1) is 0 Å². The fourth-order valence-electron chi connectivity index (χ4n) is 2.58. The van der Waals surface area contributed by atoms with Crippen LogP contribution in [-0.4, -0.2) is 31.7 Å². The standard InChI is InChI=1S/C21H18N2O3/c1-22(2)17-8-3-15(4-9-17)5-12-19(24)16-6-10-18(11-7-16)23-20(25)13-14-21(23)26/h3-14H,1-2H3/b12-5+. The fraction of sp³-hybridized carbons (Fsp3) is 0.0952. The first-order valence-electron chi connectivity index (χ1n) is 8.12. The first-order chi connectivity index (χ1) is 12.5. The smallest absolute Gasteiger partial charge is 0.258 e. The minimum absolute atomic E-state index is 0.148. The highest BCUT2D eigenvalue weighted by Gasteiger charge is 2.24. The van der Waals surface area contributed by atoms with Crippen LogP contribution >= 0.6 is 0 Å². The van der Waals surface area contributed by atoms with Gasteiger partial charge in [-0.1, -0.05) is 18.2 Å². The molecular formula is C21H18N2O3. The van der Waals surface area contributed by atoms with Gasteiger partial charge >= 0.3 is 0 Å². The van der Waals surface area contributed by atoms with Crippen molar-refractivity contribution >= 4 is 35.0 Å². The number of carbonyl (C=O) groups excluding carboxylic acids is 3. The van der Waals surface area contributed by atoms with Gasteiger partial charge in [0.15, 0.2) is 5.78 Å². The molecule has 26 heavy (non-hydrogen) atoms. The molecule has 5 nitrogen and oxygen atoms in total. The summed E-state index contributed by atoms with van der Waals surface area (Å²) >= 11 is 0. The topological polar surface area (TPSA) is 57.7 Å². The maximum absolute atomic E-state index is 12.3. The monoisotopic (exact) mass is 346 g/mol. The molecule has 3 rings (SSSR count). The summed E-state index contributed by atoms with van der Waals surface area (Å²) in [4.78, 5) is 38.7. The number of amides is 2. The van der Waals surface area contributed by atoms with E-state index >= 15 is 0 Å². The van der Waals surface area contributed by atoms with Crippen LogP contribution in [0.2, 0.25) is 0 Å². The van der Waals surface area contributed by atoms with E-state index in [-0.39, 0.29) is 17.6 Å². The summed E-state index contributed by atoms with van der Waals surface area (Å²) in [6.45, 7) is 0. The first-order valence-corrected chi connectivity index (χ1v) is 8.12. The number of rotatable bonds is 5. The third kappa shape index (κ3) is 3.62. The molecule has 0 bridgehead atoms. The van der Waals surface area contributed by atoms with Crippen molar-refractivity contribution in [2.45, 2.75) is 0 Å². The van der Waals surface area contributed by atoms with Crippen LogP contribution in [0.5, 0.6) is 0 Å². The summed E-state index contributed by atoms with van der Waals surface area (Å²) < 4.78 is 0. The number of ketones is 1. The predicted octanol–water partition coefficient (Wildman–Crippen LogP) is 3.08. The van der Waals surface area contributed by atoms with E-state index in [0.717, 1.165) is 16.2 Å². The van der Waals surface area contributed by atoms with Crippen LogP contribution in [-0.2, 0) is 9.59 Å². The number of benzene rings is 2. The molecule has 0 radical (unpaired) electrons. The van der Waals surface area contributed by atoms with Crippen molar-refractivity contribution in [3.63, 3.8) is 0 Å². The van der Waals surface area contributed by atoms with Gasteiger partial charge in [-0.25, -0.2) is 4.90 Å². The van der Waals surface area contributed by atoms with E-state index in [1.165, 1.54) is 18.2 Å². The largest absolute Gasteiger partial charge is 0.378 e. The number of allylic oxidation sites excluding steroid dienone is 1. The van der Waals surface area contributed by atoms with Gasteiger partial charge in [0, 0.05) is 37.5 Å². The third-order valence-corrected chi connectivity index (χ3v) is 4.06. The Morgan fingerprint density at radius 2 is 1.46 bits per heavy atom. The van der Waals surface area contributed by atoms with Crippen LogP contribution in [0.25, 0.3) is 6.08 Å². The quantitative estimate of drug-likeness (QED) is 0.474. The van der Waals surface area contributed by atoms with Crippen LogP contribution in [0.4, 0.5) is 11.4 Å². The van der Waals surface area contributed by atoms with E-state index in [4.69, 9.17) is 0 Å². The van der Waals surface area contributed by atoms with Gasteiger partial charge in [-0.2, -0.15) is 0 Å². The highest BCUT2D eigenvalue weighted by molar-refractivity contribution is 6.28. The maximum atomic E-state index is 12.3. The van der Waals surface area contributed by atoms with Gasteiger partial charge in [-0.3, -0.25) is 14.4 Å². The summed E-state index contributed by atoms with van der Waals surface area (Å²) in [6.07, 6.45) is 5.72. The van der Waals surface area contributed by atoms with Crippen LogP contribution < -0.4 is 9.80 Å². The van der Waals surface area contributed by atoms with Gasteiger partial charge < -0.3 is 4.90 Å². The Hall–Kier alpha value is -3.47. The minimum Gasteiger partial charge on any atom is -0.378 e. The zero-order valence-corrected chi connectivity index (χ0v) is 14.5. The molecule has 0 atom stereocenters. The molecule has 0 unspecified atom stereocenters. The molecule has 1 aliphatic rings. The van der Waals surface area contributed by atoms with Crippen LogP contribution in [0.1, 0.15) is 15.9 Å². The van der Waals surface area contributed by atoms with Crippen molar-refractivity contribution in [2.75, 3.05) is 23.9 Å². The summed E-state index contributed by atoms with van der Waals surface area (Å²) in [6, 6.07) is 14.3. The number of nitrogens with zero attached hydrogens (tertiary/aromatic N) is 2. The summed E-state index contributed by atoms with van der Waals surface area (Å²) in [7, 11) is 3.94. The molecule has 1 heterocycles. The Bertz CT molecular complexity index is 889. The highest BCUT2D eigenvalue weighted by Crippen LogP contribution is 2.20. The molecule has 0 aromatic heterocycles. The van der Waals surface area contributed by atoms with E-state index in [9.17, 15) is 14.4 Å². The van der Waals surface area contributed by atoms with Gasteiger partial charge in [0.25, 0.3) is 11.8 Å². The van der Waals surface area contributed by atoms with Gasteiger partial charge in [0.2, 0.25) is 0 Å². The lowest BCUT2D eigenvalue weighted by molar-refractivity contribution is -0.119. The Labute approximate surface area is 151 Å². The van der Waals surface area contributed by atoms with Crippen molar-refractivity contribution in [2.24, 2.45) is 0 Å². The normalized spacial score (nSPS) is 13.7. The number of carbonyl (C=O) groups is 3. The molecular weight excluding hydrogens is 328 g/mol. The predicted molar refractivity (Wildman–Crippen MR) is 102 cm³/mol. The van der Waals surface area contributed by atoms with E-state index in [2.05, 4.69) is 0 Å². The maximum Gasteiger partial charge on any atom is 0.258 e. The Kier molecular flexibility index (Phi) is 4.80. The molecule has 2 amide bonds. The Morgan fingerprint density at radius 3 is 2.00 bits per heavy atom. The first kappa shape index (κ1) is 17.4. The number of anilines is 2. The molecule has 2 aromatic carbocycles. The molecule has 0 saturated carbocycles. The second-order valence-electron chi connectivity index (χ2n) is 6.08. The van der Waals surface area contributed by atoms with Gasteiger partial charge in [0.05, 0.1) is 5.69 Å². The van der Waals surface area contributed by atoms with Crippen LogP contribution in [0.3, 0.4) is 0 Å². The van der Waals surface area contributed by atoms with Crippen LogP contribution in [0, 0.1) is 0 Å². The lowest BCUT2D eigenvalue weighted by Crippen LogP contribution is -2.29. The van der Waals surface area contributed by atoms with E-state index < -0.39 is 0 Å². The summed E-state index contributed by atoms with van der Waals surface area (Å²) in [5, 5.41) is 0. The molecule has 0 N–H and O–H groups in total. The highest BCUT2D eigenvalue weighted by atomic mass is 16.2. The lowest BCUT2D eigenvalue weighted by Gasteiger charge is -2.13. The van der Waals surface area contributed by atoms with Crippen molar-refractivity contribution in [3.05, 3.63) is 77.9 Å². The van der Waals surface area contributed by atoms with Crippen molar-refractivity contribution < 1.29 is 14.4 Å². The van der Waals surface area contributed by atoms with Crippen LogP contribution in [0.15, 0.2) is 66.8 Å². The average Bonchev–Trinajstić information content (AvgIpc) is 2.98. The molecule has 0 spiro atoms. The van der Waals surface area contributed by atoms with E-state index in [1.54, 1.807) is 30.3 Å². The fourth-order valence-corrected chi connectivity index (χ4v) is 2.58. The van der Waals surface area contributed by atoms with E-state index in [1.807, 2.05) is 43.3 Å². The van der Waals surface area contributed by atoms with E-state index in [0.29, 0.717) is 11.3 Å². The van der Waals surface area contributed by atoms with Crippen molar-refractivity contribution in [1.29, 1.82) is 0 Å². The van der Waals surface area contributed by atoms with Crippen molar-refractivity contribution in [1.82, 2.24) is 0 Å². The molecule has 130 valence electrons. The molecule has 5 heteroatoms. The molecule has 1 aliphatic heterocycles. The minimum atomic E-state index is -0.379. The zero-order chi connectivity index (χ0) is 18.7. The Balaban J connectivity index is 1.70. The molecule has 2 aromatic rings. The summed E-state index contributed by atoms with van der Waals surface area (Å²) in [5.41, 5.74) is 2.95. The number of hydrogen-bond donors (Lipinski definition) is 0. The zero-order valence-electron chi connectivity index (χ0n) is 14.5. The molecule has 0 aliphatic carbocycles. The second kappa shape index (κ2) is 7.19. The van der Waals surface area contributed by atoms with Gasteiger partial charge in [0.1, 0.15) is 0 Å². The summed E-state index contributed by atoms with van der Waals surface area (Å²) in [5.74, 6) is -0.907. The third-order valence-electron chi connectivity index (χ3n) is 4.06.